The van der Waals surface area contributed by atoms with Gasteiger partial charge in [0.15, 0.2) is 0 Å². The molecule has 3 nitrogen and oxygen atoms in total. The van der Waals surface area contributed by atoms with E-state index in [1.54, 1.807) is 7.11 Å². The number of piperidine rings is 1. The predicted molar refractivity (Wildman–Crippen MR) is 119 cm³/mol. The second-order valence-electron chi connectivity index (χ2n) is 8.29. The highest BCUT2D eigenvalue weighted by molar-refractivity contribution is 5.84. The lowest BCUT2D eigenvalue weighted by atomic mass is 9.90. The van der Waals surface area contributed by atoms with Crippen molar-refractivity contribution in [2.75, 3.05) is 26.7 Å². The number of aliphatic hydroxyl groups excluding tert-OH is 1. The van der Waals surface area contributed by atoms with Gasteiger partial charge in [0.1, 0.15) is 5.75 Å². The van der Waals surface area contributed by atoms with Crippen molar-refractivity contribution in [1.82, 2.24) is 4.90 Å². The van der Waals surface area contributed by atoms with Gasteiger partial charge in [-0.3, -0.25) is 0 Å². The molecule has 1 heterocycles. The predicted octanol–water partition coefficient (Wildman–Crippen LogP) is 4.84. The lowest BCUT2D eigenvalue weighted by molar-refractivity contribution is 0.176. The van der Waals surface area contributed by atoms with Gasteiger partial charge in [0, 0.05) is 13.1 Å². The molecule has 0 spiro atoms. The number of fused-ring (bicyclic) bond motifs is 1. The Bertz CT molecular complexity index is 935. The Hall–Kier alpha value is -2.36. The van der Waals surface area contributed by atoms with Crippen LogP contribution >= 0.6 is 0 Å². The summed E-state index contributed by atoms with van der Waals surface area (Å²) in [7, 11) is 1.72. The van der Waals surface area contributed by atoms with Crippen LogP contribution in [0.25, 0.3) is 10.8 Å². The minimum absolute atomic E-state index is 0.121. The molecular formula is C26H31NO2. The first-order chi connectivity index (χ1) is 14.2. The van der Waals surface area contributed by atoms with Crippen LogP contribution in [-0.2, 0) is 19.4 Å². The third-order valence-corrected chi connectivity index (χ3v) is 6.16. The smallest absolute Gasteiger partial charge is 0.119 e. The Morgan fingerprint density at radius 2 is 1.66 bits per heavy atom. The molecule has 0 aromatic heterocycles. The zero-order valence-electron chi connectivity index (χ0n) is 17.3. The molecule has 0 aliphatic carbocycles. The van der Waals surface area contributed by atoms with Crippen LogP contribution in [0.4, 0.5) is 0 Å². The molecule has 3 heteroatoms. The Kier molecular flexibility index (Phi) is 6.48. The SMILES string of the molecule is COc1ccc2cc(CC3CCCN(CCc4ccc(CO)cc4)C3)ccc2c1. The first-order valence-corrected chi connectivity index (χ1v) is 10.7. The lowest BCUT2D eigenvalue weighted by Crippen LogP contribution is -2.37. The molecule has 0 bridgehead atoms. The molecule has 1 unspecified atom stereocenters. The highest BCUT2D eigenvalue weighted by atomic mass is 16.5. The van der Waals surface area contributed by atoms with Gasteiger partial charge in [-0.25, -0.2) is 0 Å². The fraction of sp³-hybridized carbons (Fsp3) is 0.385. The second-order valence-corrected chi connectivity index (χ2v) is 8.29. The normalized spacial score (nSPS) is 17.5. The van der Waals surface area contributed by atoms with Crippen LogP contribution in [0.3, 0.4) is 0 Å². The van der Waals surface area contributed by atoms with E-state index in [1.807, 2.05) is 18.2 Å². The van der Waals surface area contributed by atoms with Gasteiger partial charge in [0.25, 0.3) is 0 Å². The lowest BCUT2D eigenvalue weighted by Gasteiger charge is -2.33. The summed E-state index contributed by atoms with van der Waals surface area (Å²) in [4.78, 5) is 2.63. The van der Waals surface area contributed by atoms with E-state index in [1.165, 1.54) is 47.8 Å². The Balaban J connectivity index is 1.33. The molecule has 1 aliphatic heterocycles. The third-order valence-electron chi connectivity index (χ3n) is 6.16. The average Bonchev–Trinajstić information content (AvgIpc) is 2.78. The molecule has 1 N–H and O–H groups in total. The number of aliphatic hydroxyl groups is 1. The highest BCUT2D eigenvalue weighted by Gasteiger charge is 2.20. The standard InChI is InChI=1S/C26H31NO2/c1-29-26-11-10-24-16-22(8-9-25(24)17-26)15-23-3-2-13-27(18-23)14-12-20-4-6-21(19-28)7-5-20/h4-11,16-17,23,28H,2-3,12-15,18-19H2,1H3. The van der Waals surface area contributed by atoms with Crippen LogP contribution in [0.1, 0.15) is 29.5 Å². The molecule has 4 rings (SSSR count). The van der Waals surface area contributed by atoms with Crippen molar-refractivity contribution < 1.29 is 9.84 Å². The Labute approximate surface area is 173 Å². The first kappa shape index (κ1) is 19.9. The van der Waals surface area contributed by atoms with E-state index in [4.69, 9.17) is 4.74 Å². The summed E-state index contributed by atoms with van der Waals surface area (Å²) in [5.74, 6) is 1.65. The summed E-state index contributed by atoms with van der Waals surface area (Å²) >= 11 is 0. The van der Waals surface area contributed by atoms with Crippen LogP contribution in [0.15, 0.2) is 60.7 Å². The number of methoxy groups -OCH3 is 1. The maximum Gasteiger partial charge on any atom is 0.119 e. The van der Waals surface area contributed by atoms with Gasteiger partial charge in [-0.1, -0.05) is 48.5 Å². The summed E-state index contributed by atoms with van der Waals surface area (Å²) < 4.78 is 5.34. The van der Waals surface area contributed by atoms with Crippen molar-refractivity contribution in [2.45, 2.75) is 32.3 Å². The van der Waals surface area contributed by atoms with E-state index in [0.717, 1.165) is 36.6 Å². The van der Waals surface area contributed by atoms with Crippen molar-refractivity contribution in [1.29, 1.82) is 0 Å². The quantitative estimate of drug-likeness (QED) is 0.628. The van der Waals surface area contributed by atoms with Gasteiger partial charge in [-0.15, -0.1) is 0 Å². The third kappa shape index (κ3) is 5.17. The summed E-state index contributed by atoms with van der Waals surface area (Å²) in [5, 5.41) is 11.7. The molecule has 1 atom stereocenters. The fourth-order valence-electron chi connectivity index (χ4n) is 4.48. The number of hydrogen-bond donors (Lipinski definition) is 1. The van der Waals surface area contributed by atoms with Gasteiger partial charge < -0.3 is 14.7 Å². The number of nitrogens with zero attached hydrogens (tertiary/aromatic N) is 1. The van der Waals surface area contributed by atoms with Crippen molar-refractivity contribution in [3.05, 3.63) is 77.4 Å². The number of rotatable bonds is 7. The van der Waals surface area contributed by atoms with E-state index >= 15 is 0 Å². The molecule has 3 aromatic carbocycles. The fourth-order valence-corrected chi connectivity index (χ4v) is 4.48. The van der Waals surface area contributed by atoms with E-state index in [0.29, 0.717) is 0 Å². The van der Waals surface area contributed by atoms with E-state index < -0.39 is 0 Å². The van der Waals surface area contributed by atoms with Crippen molar-refractivity contribution in [2.24, 2.45) is 5.92 Å². The zero-order valence-corrected chi connectivity index (χ0v) is 17.3. The van der Waals surface area contributed by atoms with E-state index in [-0.39, 0.29) is 6.61 Å². The maximum atomic E-state index is 9.18. The highest BCUT2D eigenvalue weighted by Crippen LogP contribution is 2.25. The minimum Gasteiger partial charge on any atom is -0.497 e. The van der Waals surface area contributed by atoms with Crippen molar-refractivity contribution in [3.63, 3.8) is 0 Å². The average molecular weight is 390 g/mol. The summed E-state index contributed by atoms with van der Waals surface area (Å²) in [6, 6.07) is 21.5. The molecule has 1 aliphatic rings. The summed E-state index contributed by atoms with van der Waals surface area (Å²) in [6.07, 6.45) is 4.85. The topological polar surface area (TPSA) is 32.7 Å². The largest absolute Gasteiger partial charge is 0.497 e. The molecule has 0 amide bonds. The Morgan fingerprint density at radius 1 is 0.931 bits per heavy atom. The maximum absolute atomic E-state index is 9.18. The molecule has 0 radical (unpaired) electrons. The van der Waals surface area contributed by atoms with E-state index in [2.05, 4.69) is 47.4 Å². The number of ether oxygens (including phenoxy) is 1. The van der Waals surface area contributed by atoms with Crippen LogP contribution in [0.5, 0.6) is 5.75 Å². The minimum atomic E-state index is 0.121. The van der Waals surface area contributed by atoms with Crippen molar-refractivity contribution >= 4 is 10.8 Å². The molecule has 1 fully saturated rings. The Morgan fingerprint density at radius 3 is 2.45 bits per heavy atom. The van der Waals surface area contributed by atoms with Gasteiger partial charge in [-0.2, -0.15) is 0 Å². The summed E-state index contributed by atoms with van der Waals surface area (Å²) in [6.45, 7) is 3.64. The monoisotopic (exact) mass is 389 g/mol. The molecule has 152 valence electrons. The molecule has 3 aromatic rings. The number of benzene rings is 3. The number of likely N-dealkylation sites (tertiary alicyclic amines) is 1. The first-order valence-electron chi connectivity index (χ1n) is 10.7. The van der Waals surface area contributed by atoms with Gasteiger partial charge in [0.2, 0.25) is 0 Å². The molecule has 1 saturated heterocycles. The van der Waals surface area contributed by atoms with Crippen molar-refractivity contribution in [3.8, 4) is 5.75 Å². The summed E-state index contributed by atoms with van der Waals surface area (Å²) in [5.41, 5.74) is 3.78. The van der Waals surface area contributed by atoms with Crippen LogP contribution in [0.2, 0.25) is 0 Å². The number of hydrogen-bond acceptors (Lipinski definition) is 3. The van der Waals surface area contributed by atoms with Crippen LogP contribution in [0, 0.1) is 5.92 Å². The molecular weight excluding hydrogens is 358 g/mol. The zero-order chi connectivity index (χ0) is 20.1. The second kappa shape index (κ2) is 9.43. The van der Waals surface area contributed by atoms with Crippen LogP contribution in [-0.4, -0.2) is 36.8 Å². The molecule has 0 saturated carbocycles. The van der Waals surface area contributed by atoms with E-state index in [9.17, 15) is 5.11 Å². The van der Waals surface area contributed by atoms with Gasteiger partial charge in [-0.05, 0) is 77.7 Å². The van der Waals surface area contributed by atoms with Gasteiger partial charge >= 0.3 is 0 Å². The van der Waals surface area contributed by atoms with Gasteiger partial charge in [0.05, 0.1) is 13.7 Å². The van der Waals surface area contributed by atoms with Crippen LogP contribution < -0.4 is 4.74 Å². The molecule has 29 heavy (non-hydrogen) atoms.